The normalized spacial score (nSPS) is 10.5. The summed E-state index contributed by atoms with van der Waals surface area (Å²) in [5.74, 6) is 1.65. The van der Waals surface area contributed by atoms with Crippen LogP contribution in [-0.2, 0) is 11.2 Å². The van der Waals surface area contributed by atoms with Crippen LogP contribution in [0.3, 0.4) is 0 Å². The highest BCUT2D eigenvalue weighted by Crippen LogP contribution is 2.27. The quantitative estimate of drug-likeness (QED) is 0.876. The van der Waals surface area contributed by atoms with Crippen molar-refractivity contribution in [3.8, 4) is 11.5 Å². The predicted molar refractivity (Wildman–Crippen MR) is 92.4 cm³/mol. The summed E-state index contributed by atoms with van der Waals surface area (Å²) < 4.78 is 10.5. The molecule has 1 N–H and O–H groups in total. The zero-order valence-electron chi connectivity index (χ0n) is 14.1. The van der Waals surface area contributed by atoms with Crippen LogP contribution in [0.5, 0.6) is 11.5 Å². The Bertz CT molecular complexity index is 680. The van der Waals surface area contributed by atoms with Crippen molar-refractivity contribution in [2.24, 2.45) is 0 Å². The summed E-state index contributed by atoms with van der Waals surface area (Å²) in [6.45, 7) is 4.26. The lowest BCUT2D eigenvalue weighted by Gasteiger charge is -2.11. The number of amides is 1. The van der Waals surface area contributed by atoms with Crippen molar-refractivity contribution >= 4 is 11.6 Å². The first-order valence-electron chi connectivity index (χ1n) is 7.64. The Morgan fingerprint density at radius 3 is 2.43 bits per heavy atom. The number of nitrogens with one attached hydrogen (secondary N) is 1. The van der Waals surface area contributed by atoms with Gasteiger partial charge < -0.3 is 14.8 Å². The molecule has 0 saturated carbocycles. The van der Waals surface area contributed by atoms with E-state index >= 15 is 0 Å². The molecule has 0 unspecified atom stereocenters. The van der Waals surface area contributed by atoms with Crippen molar-refractivity contribution in [3.63, 3.8) is 0 Å². The van der Waals surface area contributed by atoms with Gasteiger partial charge in [-0.25, -0.2) is 0 Å². The molecule has 0 bridgehead atoms. The van der Waals surface area contributed by atoms with Crippen LogP contribution in [0.25, 0.3) is 0 Å². The van der Waals surface area contributed by atoms with Gasteiger partial charge in [0.1, 0.15) is 0 Å². The molecule has 0 aliphatic heterocycles. The molecule has 0 aliphatic rings. The number of carbonyl (C=O) groups is 1. The van der Waals surface area contributed by atoms with Crippen LogP contribution < -0.4 is 14.8 Å². The van der Waals surface area contributed by atoms with Gasteiger partial charge >= 0.3 is 0 Å². The molecule has 0 saturated heterocycles. The van der Waals surface area contributed by atoms with E-state index in [1.165, 1.54) is 5.56 Å². The number of rotatable bonds is 6. The van der Waals surface area contributed by atoms with Gasteiger partial charge in [-0.05, 0) is 41.3 Å². The van der Waals surface area contributed by atoms with Gasteiger partial charge in [-0.3, -0.25) is 4.79 Å². The van der Waals surface area contributed by atoms with E-state index in [2.05, 4.69) is 25.2 Å². The Kier molecular flexibility index (Phi) is 5.63. The van der Waals surface area contributed by atoms with Crippen molar-refractivity contribution in [1.82, 2.24) is 0 Å². The number of hydrogen-bond donors (Lipinski definition) is 1. The average Bonchev–Trinajstić information content (AvgIpc) is 2.54. The second-order valence-electron chi connectivity index (χ2n) is 5.69. The van der Waals surface area contributed by atoms with Crippen LogP contribution >= 0.6 is 0 Å². The van der Waals surface area contributed by atoms with Gasteiger partial charge in [0.15, 0.2) is 11.5 Å². The summed E-state index contributed by atoms with van der Waals surface area (Å²) in [6, 6.07) is 13.4. The summed E-state index contributed by atoms with van der Waals surface area (Å²) >= 11 is 0. The largest absolute Gasteiger partial charge is 0.493 e. The van der Waals surface area contributed by atoms with E-state index in [9.17, 15) is 4.79 Å². The first-order chi connectivity index (χ1) is 11.0. The monoisotopic (exact) mass is 313 g/mol. The summed E-state index contributed by atoms with van der Waals surface area (Å²) in [6.07, 6.45) is 0.284. The number of hydrogen-bond acceptors (Lipinski definition) is 3. The molecule has 4 nitrogen and oxygen atoms in total. The van der Waals surface area contributed by atoms with Gasteiger partial charge in [0, 0.05) is 5.69 Å². The van der Waals surface area contributed by atoms with Crippen LogP contribution in [0.1, 0.15) is 30.9 Å². The molecule has 2 aromatic carbocycles. The Hall–Kier alpha value is -2.49. The summed E-state index contributed by atoms with van der Waals surface area (Å²) in [5, 5.41) is 2.94. The molecule has 2 aromatic rings. The van der Waals surface area contributed by atoms with Gasteiger partial charge in [0.2, 0.25) is 5.91 Å². The van der Waals surface area contributed by atoms with E-state index in [4.69, 9.17) is 9.47 Å². The molecule has 0 atom stereocenters. The molecule has 2 rings (SSSR count). The van der Waals surface area contributed by atoms with Crippen molar-refractivity contribution < 1.29 is 14.3 Å². The number of benzene rings is 2. The lowest BCUT2D eigenvalue weighted by molar-refractivity contribution is -0.115. The summed E-state index contributed by atoms with van der Waals surface area (Å²) in [5.41, 5.74) is 2.90. The highest BCUT2D eigenvalue weighted by molar-refractivity contribution is 5.92. The fourth-order valence-electron chi connectivity index (χ4n) is 2.36. The first kappa shape index (κ1) is 16.9. The topological polar surface area (TPSA) is 47.6 Å². The van der Waals surface area contributed by atoms with Crippen molar-refractivity contribution in [2.75, 3.05) is 19.5 Å². The second kappa shape index (κ2) is 7.68. The van der Waals surface area contributed by atoms with Crippen LogP contribution in [0, 0.1) is 0 Å². The summed E-state index contributed by atoms with van der Waals surface area (Å²) in [4.78, 5) is 12.2. The van der Waals surface area contributed by atoms with Gasteiger partial charge in [0.05, 0.1) is 20.6 Å². The average molecular weight is 313 g/mol. The Morgan fingerprint density at radius 2 is 1.78 bits per heavy atom. The van der Waals surface area contributed by atoms with E-state index in [0.29, 0.717) is 17.4 Å². The standard InChI is InChI=1S/C19H23NO3/c1-13(2)15-6-5-7-16(12-15)20-19(21)11-14-8-9-17(22-3)18(10-14)23-4/h5-10,12-13H,11H2,1-4H3,(H,20,21). The highest BCUT2D eigenvalue weighted by Gasteiger charge is 2.09. The number of methoxy groups -OCH3 is 2. The van der Waals surface area contributed by atoms with Gasteiger partial charge in [-0.15, -0.1) is 0 Å². The molecular formula is C19H23NO3. The maximum absolute atomic E-state index is 12.2. The SMILES string of the molecule is COc1ccc(CC(=O)Nc2cccc(C(C)C)c2)cc1OC. The maximum Gasteiger partial charge on any atom is 0.228 e. The molecule has 0 spiro atoms. The minimum atomic E-state index is -0.0573. The molecule has 0 aliphatic carbocycles. The molecular weight excluding hydrogens is 290 g/mol. The number of ether oxygens (including phenoxy) is 2. The smallest absolute Gasteiger partial charge is 0.228 e. The highest BCUT2D eigenvalue weighted by atomic mass is 16.5. The third-order valence-corrected chi connectivity index (χ3v) is 3.65. The minimum Gasteiger partial charge on any atom is -0.493 e. The lowest BCUT2D eigenvalue weighted by atomic mass is 10.0. The summed E-state index contributed by atoms with van der Waals surface area (Å²) in [7, 11) is 3.17. The van der Waals surface area contributed by atoms with Gasteiger partial charge in [-0.1, -0.05) is 32.0 Å². The fraction of sp³-hybridized carbons (Fsp3) is 0.316. The molecule has 0 heterocycles. The third kappa shape index (κ3) is 4.49. The van der Waals surface area contributed by atoms with E-state index in [0.717, 1.165) is 11.3 Å². The Labute approximate surface area is 137 Å². The Morgan fingerprint density at radius 1 is 1.04 bits per heavy atom. The van der Waals surface area contributed by atoms with Crippen molar-refractivity contribution in [3.05, 3.63) is 53.6 Å². The van der Waals surface area contributed by atoms with Crippen molar-refractivity contribution in [1.29, 1.82) is 0 Å². The first-order valence-corrected chi connectivity index (χ1v) is 7.64. The van der Waals surface area contributed by atoms with Crippen molar-refractivity contribution in [2.45, 2.75) is 26.2 Å². The van der Waals surface area contributed by atoms with Crippen LogP contribution in [0.15, 0.2) is 42.5 Å². The van der Waals surface area contributed by atoms with Crippen LogP contribution in [-0.4, -0.2) is 20.1 Å². The zero-order valence-corrected chi connectivity index (χ0v) is 14.1. The fourth-order valence-corrected chi connectivity index (χ4v) is 2.36. The molecule has 0 fully saturated rings. The zero-order chi connectivity index (χ0) is 16.8. The third-order valence-electron chi connectivity index (χ3n) is 3.65. The lowest BCUT2D eigenvalue weighted by Crippen LogP contribution is -2.14. The Balaban J connectivity index is 2.06. The maximum atomic E-state index is 12.2. The molecule has 4 heteroatoms. The van der Waals surface area contributed by atoms with E-state index in [1.807, 2.05) is 30.3 Å². The number of carbonyl (C=O) groups excluding carboxylic acids is 1. The number of anilines is 1. The van der Waals surface area contributed by atoms with E-state index < -0.39 is 0 Å². The molecule has 0 aromatic heterocycles. The second-order valence-corrected chi connectivity index (χ2v) is 5.69. The minimum absolute atomic E-state index is 0.0573. The molecule has 122 valence electrons. The molecule has 1 amide bonds. The molecule has 0 radical (unpaired) electrons. The van der Waals surface area contributed by atoms with Gasteiger partial charge in [-0.2, -0.15) is 0 Å². The van der Waals surface area contributed by atoms with E-state index in [-0.39, 0.29) is 12.3 Å². The van der Waals surface area contributed by atoms with Gasteiger partial charge in [0.25, 0.3) is 0 Å². The predicted octanol–water partition coefficient (Wildman–Crippen LogP) is 4.01. The van der Waals surface area contributed by atoms with Crippen LogP contribution in [0.4, 0.5) is 5.69 Å². The van der Waals surface area contributed by atoms with E-state index in [1.54, 1.807) is 20.3 Å². The molecule has 23 heavy (non-hydrogen) atoms. The van der Waals surface area contributed by atoms with Crippen LogP contribution in [0.2, 0.25) is 0 Å².